The van der Waals surface area contributed by atoms with Gasteiger partial charge in [0.2, 0.25) is 0 Å². The third-order valence-electron chi connectivity index (χ3n) is 2.91. The van der Waals surface area contributed by atoms with Gasteiger partial charge in [-0.05, 0) is 55.3 Å². The molecule has 0 fully saturated rings. The summed E-state index contributed by atoms with van der Waals surface area (Å²) < 4.78 is 27.5. The first-order valence-corrected chi connectivity index (χ1v) is 6.71. The van der Waals surface area contributed by atoms with E-state index in [-0.39, 0.29) is 5.56 Å². The predicted octanol–water partition coefficient (Wildman–Crippen LogP) is 4.60. The minimum Gasteiger partial charge on any atom is -0.321 e. The number of hydrogen-bond acceptors (Lipinski definition) is 1. The summed E-state index contributed by atoms with van der Waals surface area (Å²) in [5.74, 6) is -2.08. The summed E-state index contributed by atoms with van der Waals surface area (Å²) in [6.45, 7) is 3.66. The Morgan fingerprint density at radius 3 is 2.30 bits per heavy atom. The zero-order chi connectivity index (χ0) is 14.9. The minimum absolute atomic E-state index is 0.313. The molecule has 1 amide bonds. The maximum absolute atomic E-state index is 13.6. The number of amides is 1. The number of anilines is 1. The van der Waals surface area contributed by atoms with Crippen molar-refractivity contribution in [2.75, 3.05) is 5.32 Å². The summed E-state index contributed by atoms with van der Waals surface area (Å²) in [5, 5.41) is 2.62. The molecular formula is C15H12BrF2NO. The summed E-state index contributed by atoms with van der Waals surface area (Å²) in [5.41, 5.74) is 1.96. The third kappa shape index (κ3) is 3.04. The number of halogens is 3. The quantitative estimate of drug-likeness (QED) is 0.851. The van der Waals surface area contributed by atoms with E-state index in [4.69, 9.17) is 0 Å². The summed E-state index contributed by atoms with van der Waals surface area (Å²) >= 11 is 3.36. The molecule has 0 aliphatic carbocycles. The number of rotatable bonds is 2. The van der Waals surface area contributed by atoms with Crippen LogP contribution in [-0.4, -0.2) is 5.91 Å². The number of carbonyl (C=O) groups excluding carboxylic acids is 1. The van der Waals surface area contributed by atoms with Crippen molar-refractivity contribution >= 4 is 27.5 Å². The first-order valence-electron chi connectivity index (χ1n) is 5.91. The molecule has 0 aromatic heterocycles. The van der Waals surface area contributed by atoms with Crippen LogP contribution in [0, 0.1) is 25.5 Å². The Hall–Kier alpha value is -1.75. The molecule has 5 heteroatoms. The van der Waals surface area contributed by atoms with Crippen molar-refractivity contribution in [1.82, 2.24) is 0 Å². The lowest BCUT2D eigenvalue weighted by atomic mass is 10.1. The Kier molecular flexibility index (Phi) is 4.18. The average molecular weight is 340 g/mol. The van der Waals surface area contributed by atoms with Gasteiger partial charge in [-0.25, -0.2) is 8.78 Å². The number of nitrogens with one attached hydrogen (secondary N) is 1. The maximum atomic E-state index is 13.6. The van der Waals surface area contributed by atoms with E-state index in [1.165, 1.54) is 0 Å². The predicted molar refractivity (Wildman–Crippen MR) is 77.9 cm³/mol. The Labute approximate surface area is 123 Å². The fourth-order valence-corrected chi connectivity index (χ4v) is 2.65. The molecule has 2 nitrogen and oxygen atoms in total. The molecule has 2 rings (SSSR count). The van der Waals surface area contributed by atoms with Crippen LogP contribution in [0.3, 0.4) is 0 Å². The van der Waals surface area contributed by atoms with Crippen LogP contribution in [0.5, 0.6) is 0 Å². The fourth-order valence-electron chi connectivity index (χ4n) is 1.96. The molecule has 0 unspecified atom stereocenters. The van der Waals surface area contributed by atoms with Crippen LogP contribution in [0.25, 0.3) is 0 Å². The molecule has 0 radical (unpaired) electrons. The second kappa shape index (κ2) is 5.71. The topological polar surface area (TPSA) is 29.1 Å². The second-order valence-electron chi connectivity index (χ2n) is 4.49. The first-order chi connectivity index (χ1) is 9.38. The van der Waals surface area contributed by atoms with Gasteiger partial charge in [0.05, 0.1) is 5.56 Å². The van der Waals surface area contributed by atoms with Crippen LogP contribution in [0.4, 0.5) is 14.5 Å². The van der Waals surface area contributed by atoms with Gasteiger partial charge in [0.1, 0.15) is 11.6 Å². The van der Waals surface area contributed by atoms with Gasteiger partial charge in [-0.3, -0.25) is 4.79 Å². The smallest absolute Gasteiger partial charge is 0.258 e. The highest BCUT2D eigenvalue weighted by molar-refractivity contribution is 9.10. The molecule has 0 spiro atoms. The number of hydrogen-bond donors (Lipinski definition) is 1. The van der Waals surface area contributed by atoms with Gasteiger partial charge in [0, 0.05) is 10.2 Å². The van der Waals surface area contributed by atoms with E-state index in [0.717, 1.165) is 33.8 Å². The van der Waals surface area contributed by atoms with Crippen LogP contribution in [0.1, 0.15) is 21.5 Å². The Morgan fingerprint density at radius 2 is 1.70 bits per heavy atom. The first kappa shape index (κ1) is 14.7. The van der Waals surface area contributed by atoms with E-state index in [1.807, 2.05) is 26.0 Å². The van der Waals surface area contributed by atoms with Crippen molar-refractivity contribution in [1.29, 1.82) is 0 Å². The fraction of sp³-hybridized carbons (Fsp3) is 0.133. The largest absolute Gasteiger partial charge is 0.321 e. The molecule has 0 atom stereocenters. The van der Waals surface area contributed by atoms with Crippen molar-refractivity contribution in [2.24, 2.45) is 0 Å². The maximum Gasteiger partial charge on any atom is 0.258 e. The second-order valence-corrected chi connectivity index (χ2v) is 5.41. The SMILES string of the molecule is Cc1cc(Br)cc(C)c1NC(=O)c1cc(F)ccc1F. The van der Waals surface area contributed by atoms with Gasteiger partial charge >= 0.3 is 0 Å². The Balaban J connectivity index is 2.35. The number of aryl methyl sites for hydroxylation is 2. The van der Waals surface area contributed by atoms with E-state index in [0.29, 0.717) is 5.69 Å². The summed E-state index contributed by atoms with van der Waals surface area (Å²) in [7, 11) is 0. The molecule has 20 heavy (non-hydrogen) atoms. The van der Waals surface area contributed by atoms with Gasteiger partial charge in [0.25, 0.3) is 5.91 Å². The summed E-state index contributed by atoms with van der Waals surface area (Å²) in [6, 6.07) is 6.47. The lowest BCUT2D eigenvalue weighted by molar-refractivity contribution is 0.102. The normalized spacial score (nSPS) is 10.4. The van der Waals surface area contributed by atoms with Crippen molar-refractivity contribution in [2.45, 2.75) is 13.8 Å². The number of benzene rings is 2. The van der Waals surface area contributed by atoms with Crippen molar-refractivity contribution in [3.63, 3.8) is 0 Å². The highest BCUT2D eigenvalue weighted by Gasteiger charge is 2.15. The molecule has 1 N–H and O–H groups in total. The summed E-state index contributed by atoms with van der Waals surface area (Å²) in [6.07, 6.45) is 0. The van der Waals surface area contributed by atoms with Gasteiger partial charge in [-0.1, -0.05) is 15.9 Å². The Morgan fingerprint density at radius 1 is 1.10 bits per heavy atom. The standard InChI is InChI=1S/C15H12BrF2NO/c1-8-5-10(16)6-9(2)14(8)19-15(20)12-7-11(17)3-4-13(12)18/h3-7H,1-2H3,(H,19,20). The average Bonchev–Trinajstić information content (AvgIpc) is 2.36. The molecular weight excluding hydrogens is 328 g/mol. The summed E-state index contributed by atoms with van der Waals surface area (Å²) in [4.78, 5) is 12.0. The van der Waals surface area contributed by atoms with E-state index in [1.54, 1.807) is 0 Å². The highest BCUT2D eigenvalue weighted by atomic mass is 79.9. The third-order valence-corrected chi connectivity index (χ3v) is 3.37. The van der Waals surface area contributed by atoms with E-state index >= 15 is 0 Å². The van der Waals surface area contributed by atoms with Crippen LogP contribution in [-0.2, 0) is 0 Å². The molecule has 0 bridgehead atoms. The van der Waals surface area contributed by atoms with Gasteiger partial charge < -0.3 is 5.32 Å². The lowest BCUT2D eigenvalue weighted by Gasteiger charge is -2.12. The van der Waals surface area contributed by atoms with Crippen LogP contribution in [0.2, 0.25) is 0 Å². The van der Waals surface area contributed by atoms with Crippen molar-refractivity contribution in [3.05, 3.63) is 63.1 Å². The number of carbonyl (C=O) groups is 1. The molecule has 0 heterocycles. The molecule has 0 aliphatic rings. The minimum atomic E-state index is -0.753. The van der Waals surface area contributed by atoms with E-state index in [2.05, 4.69) is 21.2 Å². The molecule has 0 saturated heterocycles. The van der Waals surface area contributed by atoms with Crippen LogP contribution in [0.15, 0.2) is 34.8 Å². The van der Waals surface area contributed by atoms with Crippen molar-refractivity contribution in [3.8, 4) is 0 Å². The van der Waals surface area contributed by atoms with E-state index in [9.17, 15) is 13.6 Å². The molecule has 0 saturated carbocycles. The Bertz CT molecular complexity index is 663. The van der Waals surface area contributed by atoms with Crippen LogP contribution >= 0.6 is 15.9 Å². The molecule has 2 aromatic carbocycles. The van der Waals surface area contributed by atoms with Gasteiger partial charge in [-0.15, -0.1) is 0 Å². The van der Waals surface area contributed by atoms with Gasteiger partial charge in [0.15, 0.2) is 0 Å². The zero-order valence-electron chi connectivity index (χ0n) is 10.9. The van der Waals surface area contributed by atoms with Gasteiger partial charge in [-0.2, -0.15) is 0 Å². The van der Waals surface area contributed by atoms with Crippen LogP contribution < -0.4 is 5.32 Å². The van der Waals surface area contributed by atoms with Crippen molar-refractivity contribution < 1.29 is 13.6 Å². The molecule has 0 aliphatic heterocycles. The molecule has 104 valence electrons. The van der Waals surface area contributed by atoms with E-state index < -0.39 is 17.5 Å². The monoisotopic (exact) mass is 339 g/mol. The zero-order valence-corrected chi connectivity index (χ0v) is 12.5. The molecule has 2 aromatic rings. The lowest BCUT2D eigenvalue weighted by Crippen LogP contribution is -2.15. The highest BCUT2D eigenvalue weighted by Crippen LogP contribution is 2.26.